The van der Waals surface area contributed by atoms with E-state index in [-0.39, 0.29) is 18.0 Å². The van der Waals surface area contributed by atoms with Crippen LogP contribution in [0.1, 0.15) is 38.6 Å². The van der Waals surface area contributed by atoms with Crippen molar-refractivity contribution in [2.45, 2.75) is 34.2 Å². The van der Waals surface area contributed by atoms with E-state index in [1.54, 1.807) is 4.52 Å². The second-order valence-corrected chi connectivity index (χ2v) is 5.96. The zero-order chi connectivity index (χ0) is 17.4. The van der Waals surface area contributed by atoms with E-state index in [0.29, 0.717) is 16.8 Å². The van der Waals surface area contributed by atoms with Gasteiger partial charge in [-0.25, -0.2) is 9.50 Å². The quantitative estimate of drug-likeness (QED) is 0.765. The van der Waals surface area contributed by atoms with Crippen molar-refractivity contribution in [2.24, 2.45) is 0 Å². The molecule has 0 saturated heterocycles. The Morgan fingerprint density at radius 3 is 2.71 bits per heavy atom. The maximum absolute atomic E-state index is 12.5. The van der Waals surface area contributed by atoms with E-state index >= 15 is 0 Å². The van der Waals surface area contributed by atoms with Crippen molar-refractivity contribution in [3.63, 3.8) is 0 Å². The third-order valence-corrected chi connectivity index (χ3v) is 3.94. The number of hydrogen-bond acceptors (Lipinski definition) is 4. The Kier molecular flexibility index (Phi) is 3.92. The number of aromatic nitrogens is 4. The van der Waals surface area contributed by atoms with Crippen molar-refractivity contribution >= 4 is 11.6 Å². The van der Waals surface area contributed by atoms with Gasteiger partial charge in [-0.3, -0.25) is 9.59 Å². The molecule has 3 aromatic rings. The third-order valence-electron chi connectivity index (χ3n) is 3.94. The zero-order valence-corrected chi connectivity index (χ0v) is 14.1. The highest BCUT2D eigenvalue weighted by Gasteiger charge is 2.16. The van der Waals surface area contributed by atoms with Gasteiger partial charge in [0.05, 0.1) is 6.20 Å². The monoisotopic (exact) mass is 325 g/mol. The van der Waals surface area contributed by atoms with Crippen molar-refractivity contribution in [1.29, 1.82) is 0 Å². The van der Waals surface area contributed by atoms with Crippen LogP contribution in [0.4, 0.5) is 0 Å². The summed E-state index contributed by atoms with van der Waals surface area (Å²) in [6, 6.07) is 3.78. The minimum Gasteiger partial charge on any atom is -0.348 e. The minimum absolute atomic E-state index is 0.155. The lowest BCUT2D eigenvalue weighted by molar-refractivity contribution is 0.0952. The number of carbonyl (C=O) groups is 1. The molecular weight excluding hydrogens is 306 g/mol. The number of aromatic amines is 1. The molecule has 0 atom stereocenters. The van der Waals surface area contributed by atoms with E-state index in [2.05, 4.69) is 20.4 Å². The Bertz CT molecular complexity index is 1000. The van der Waals surface area contributed by atoms with Crippen LogP contribution >= 0.6 is 0 Å². The minimum atomic E-state index is -0.304. The van der Waals surface area contributed by atoms with Crippen LogP contribution in [0.3, 0.4) is 0 Å². The van der Waals surface area contributed by atoms with Crippen LogP contribution in [0, 0.1) is 27.7 Å². The van der Waals surface area contributed by atoms with Gasteiger partial charge in [-0.2, -0.15) is 5.10 Å². The van der Waals surface area contributed by atoms with Crippen LogP contribution in [-0.2, 0) is 6.54 Å². The summed E-state index contributed by atoms with van der Waals surface area (Å²) in [5, 5.41) is 6.99. The van der Waals surface area contributed by atoms with Crippen molar-refractivity contribution < 1.29 is 4.79 Å². The van der Waals surface area contributed by atoms with E-state index in [9.17, 15) is 9.59 Å². The predicted octanol–water partition coefficient (Wildman–Crippen LogP) is 1.58. The summed E-state index contributed by atoms with van der Waals surface area (Å²) in [5.41, 5.74) is 4.64. The number of carbonyl (C=O) groups excluding carboxylic acids is 1. The standard InChI is InChI=1S/C17H19N5O2/c1-9-5-10(2)21-17(24)13(9)7-18-16(23)14-8-19-22-12(4)6-11(3)20-15(14)22/h5-6,8H,7H2,1-4H3,(H,18,23)(H,21,24). The molecule has 7 heteroatoms. The number of aryl methyl sites for hydroxylation is 4. The van der Waals surface area contributed by atoms with Crippen LogP contribution in [0.15, 0.2) is 23.1 Å². The molecule has 1 amide bonds. The van der Waals surface area contributed by atoms with Crippen molar-refractivity contribution in [2.75, 3.05) is 0 Å². The first-order valence-corrected chi connectivity index (χ1v) is 7.66. The van der Waals surface area contributed by atoms with Gasteiger partial charge >= 0.3 is 0 Å². The second kappa shape index (κ2) is 5.92. The Balaban J connectivity index is 1.88. The number of fused-ring (bicyclic) bond motifs is 1. The normalized spacial score (nSPS) is 11.0. The fraction of sp³-hybridized carbons (Fsp3) is 0.294. The average Bonchev–Trinajstić information content (AvgIpc) is 2.89. The lowest BCUT2D eigenvalue weighted by Gasteiger charge is -2.08. The molecule has 124 valence electrons. The molecular formula is C17H19N5O2. The van der Waals surface area contributed by atoms with Crippen molar-refractivity contribution in [3.05, 3.63) is 62.5 Å². The number of rotatable bonds is 3. The Labute approximate surface area is 138 Å². The molecule has 0 saturated carbocycles. The third kappa shape index (κ3) is 2.80. The van der Waals surface area contributed by atoms with Gasteiger partial charge in [-0.1, -0.05) is 0 Å². The maximum Gasteiger partial charge on any atom is 0.257 e. The number of amides is 1. The smallest absolute Gasteiger partial charge is 0.257 e. The predicted molar refractivity (Wildman–Crippen MR) is 90.2 cm³/mol. The van der Waals surface area contributed by atoms with Gasteiger partial charge < -0.3 is 10.3 Å². The summed E-state index contributed by atoms with van der Waals surface area (Å²) in [6.45, 7) is 7.62. The molecule has 0 aromatic carbocycles. The molecule has 0 radical (unpaired) electrons. The first-order valence-electron chi connectivity index (χ1n) is 7.66. The number of nitrogens with one attached hydrogen (secondary N) is 2. The molecule has 3 rings (SSSR count). The summed E-state index contributed by atoms with van der Waals surface area (Å²) in [4.78, 5) is 31.7. The molecule has 0 unspecified atom stereocenters. The molecule has 0 spiro atoms. The highest BCUT2D eigenvalue weighted by atomic mass is 16.2. The first-order chi connectivity index (χ1) is 11.4. The highest BCUT2D eigenvalue weighted by molar-refractivity contribution is 5.99. The summed E-state index contributed by atoms with van der Waals surface area (Å²) in [7, 11) is 0. The van der Waals surface area contributed by atoms with Gasteiger partial charge in [0.15, 0.2) is 5.65 Å². The number of nitrogens with zero attached hydrogens (tertiary/aromatic N) is 3. The van der Waals surface area contributed by atoms with E-state index in [0.717, 1.165) is 22.6 Å². The Morgan fingerprint density at radius 2 is 2.00 bits per heavy atom. The molecule has 0 fully saturated rings. The van der Waals surface area contributed by atoms with Gasteiger partial charge in [0, 0.05) is 29.2 Å². The fourth-order valence-corrected chi connectivity index (χ4v) is 2.80. The van der Waals surface area contributed by atoms with Gasteiger partial charge in [0.25, 0.3) is 11.5 Å². The number of pyridine rings is 1. The van der Waals surface area contributed by atoms with Crippen LogP contribution in [-0.4, -0.2) is 25.5 Å². The van der Waals surface area contributed by atoms with Gasteiger partial charge in [0.2, 0.25) is 0 Å². The van der Waals surface area contributed by atoms with E-state index in [4.69, 9.17) is 0 Å². The van der Waals surface area contributed by atoms with Gasteiger partial charge in [0.1, 0.15) is 5.56 Å². The summed E-state index contributed by atoms with van der Waals surface area (Å²) in [5.74, 6) is -0.304. The maximum atomic E-state index is 12.5. The zero-order valence-electron chi connectivity index (χ0n) is 14.1. The summed E-state index contributed by atoms with van der Waals surface area (Å²) in [6.07, 6.45) is 1.50. The number of hydrogen-bond donors (Lipinski definition) is 2. The highest BCUT2D eigenvalue weighted by Crippen LogP contribution is 2.12. The molecule has 0 aliphatic carbocycles. The van der Waals surface area contributed by atoms with E-state index < -0.39 is 0 Å². The lowest BCUT2D eigenvalue weighted by Crippen LogP contribution is -2.28. The topological polar surface area (TPSA) is 92.2 Å². The summed E-state index contributed by atoms with van der Waals surface area (Å²) < 4.78 is 1.63. The van der Waals surface area contributed by atoms with E-state index in [1.807, 2.05) is 39.8 Å². The van der Waals surface area contributed by atoms with Crippen LogP contribution in [0.5, 0.6) is 0 Å². The van der Waals surface area contributed by atoms with Crippen LogP contribution in [0.2, 0.25) is 0 Å². The SMILES string of the molecule is Cc1cc(C)n2ncc(C(=O)NCc3c(C)cc(C)[nH]c3=O)c2n1. The van der Waals surface area contributed by atoms with Crippen molar-refractivity contribution in [1.82, 2.24) is 24.9 Å². The lowest BCUT2D eigenvalue weighted by atomic mass is 10.1. The van der Waals surface area contributed by atoms with Crippen LogP contribution in [0.25, 0.3) is 5.65 Å². The average molecular weight is 325 g/mol. The first kappa shape index (κ1) is 15.9. The Morgan fingerprint density at radius 1 is 1.25 bits per heavy atom. The van der Waals surface area contributed by atoms with Crippen molar-refractivity contribution in [3.8, 4) is 0 Å². The Hall–Kier alpha value is -2.96. The second-order valence-electron chi connectivity index (χ2n) is 5.96. The molecule has 24 heavy (non-hydrogen) atoms. The van der Waals surface area contributed by atoms with Gasteiger partial charge in [-0.05, 0) is 45.4 Å². The molecule has 2 N–H and O–H groups in total. The molecule has 0 aliphatic rings. The van der Waals surface area contributed by atoms with Gasteiger partial charge in [-0.15, -0.1) is 0 Å². The number of H-pyrrole nitrogens is 1. The molecule has 0 bridgehead atoms. The van der Waals surface area contributed by atoms with E-state index in [1.165, 1.54) is 6.20 Å². The largest absolute Gasteiger partial charge is 0.348 e. The molecule has 3 aromatic heterocycles. The molecule has 7 nitrogen and oxygen atoms in total. The fourth-order valence-electron chi connectivity index (χ4n) is 2.80. The van der Waals surface area contributed by atoms with Crippen LogP contribution < -0.4 is 10.9 Å². The summed E-state index contributed by atoms with van der Waals surface area (Å²) >= 11 is 0. The molecule has 0 aliphatic heterocycles. The molecule has 3 heterocycles.